The number of benzene rings is 3. The van der Waals surface area contributed by atoms with E-state index in [1.165, 1.54) is 22.6 Å². The van der Waals surface area contributed by atoms with E-state index in [1.54, 1.807) is 0 Å². The Hall–Kier alpha value is -2.87. The highest BCUT2D eigenvalue weighted by Gasteiger charge is 2.14. The van der Waals surface area contributed by atoms with E-state index >= 15 is 0 Å². The number of fused-ring (bicyclic) bond motifs is 1. The Kier molecular flexibility index (Phi) is 4.99. The summed E-state index contributed by atoms with van der Waals surface area (Å²) in [6, 6.07) is 18.6. The molecule has 0 saturated carbocycles. The van der Waals surface area contributed by atoms with Gasteiger partial charge in [-0.3, -0.25) is 0 Å². The van der Waals surface area contributed by atoms with Crippen LogP contribution in [0.1, 0.15) is 23.6 Å². The average molecular weight is 330 g/mol. The largest absolute Gasteiger partial charge is 0.463 e. The van der Waals surface area contributed by atoms with Gasteiger partial charge < -0.3 is 4.74 Å². The van der Waals surface area contributed by atoms with Crippen LogP contribution in [-0.2, 0) is 9.53 Å². The Balaban J connectivity index is 2.31. The fraction of sp³-hybridized carbons (Fsp3) is 0.174. The van der Waals surface area contributed by atoms with E-state index in [2.05, 4.69) is 44.2 Å². The van der Waals surface area contributed by atoms with Gasteiger partial charge in [-0.05, 0) is 65.4 Å². The van der Waals surface area contributed by atoms with Gasteiger partial charge in [-0.1, -0.05) is 54.6 Å². The SMILES string of the molecule is CCOC(=O)/C=C/c1c(-c2ccccc2)c(C)c(C)c2ccccc12. The summed E-state index contributed by atoms with van der Waals surface area (Å²) in [5.74, 6) is -0.316. The fourth-order valence-corrected chi connectivity index (χ4v) is 3.26. The predicted octanol–water partition coefficient (Wildman–Crippen LogP) is 5.70. The molecule has 3 aromatic carbocycles. The van der Waals surface area contributed by atoms with Crippen molar-refractivity contribution in [1.29, 1.82) is 0 Å². The van der Waals surface area contributed by atoms with Gasteiger partial charge in [0, 0.05) is 6.08 Å². The molecule has 3 aromatic rings. The first-order valence-corrected chi connectivity index (χ1v) is 8.55. The first-order valence-electron chi connectivity index (χ1n) is 8.55. The predicted molar refractivity (Wildman–Crippen MR) is 105 cm³/mol. The third-order valence-corrected chi connectivity index (χ3v) is 4.56. The summed E-state index contributed by atoms with van der Waals surface area (Å²) >= 11 is 0. The summed E-state index contributed by atoms with van der Waals surface area (Å²) in [7, 11) is 0. The molecule has 0 fully saturated rings. The molecule has 0 spiro atoms. The molecule has 2 nitrogen and oxygen atoms in total. The monoisotopic (exact) mass is 330 g/mol. The average Bonchev–Trinajstić information content (AvgIpc) is 2.64. The fourth-order valence-electron chi connectivity index (χ4n) is 3.26. The molecule has 0 aliphatic heterocycles. The summed E-state index contributed by atoms with van der Waals surface area (Å²) in [5.41, 5.74) is 5.86. The van der Waals surface area contributed by atoms with Crippen molar-refractivity contribution < 1.29 is 9.53 Å². The van der Waals surface area contributed by atoms with Gasteiger partial charge in [-0.25, -0.2) is 4.79 Å². The maximum atomic E-state index is 11.8. The van der Waals surface area contributed by atoms with E-state index in [0.29, 0.717) is 6.61 Å². The third-order valence-electron chi connectivity index (χ3n) is 4.56. The van der Waals surface area contributed by atoms with Gasteiger partial charge >= 0.3 is 5.97 Å². The van der Waals surface area contributed by atoms with Crippen molar-refractivity contribution in [2.24, 2.45) is 0 Å². The molecular weight excluding hydrogens is 308 g/mol. The molecule has 0 aliphatic rings. The number of ether oxygens (including phenoxy) is 1. The van der Waals surface area contributed by atoms with Crippen LogP contribution in [0, 0.1) is 13.8 Å². The minimum Gasteiger partial charge on any atom is -0.463 e. The topological polar surface area (TPSA) is 26.3 Å². The Bertz CT molecular complexity index is 937. The zero-order valence-corrected chi connectivity index (χ0v) is 14.9. The van der Waals surface area contributed by atoms with Gasteiger partial charge in [-0.2, -0.15) is 0 Å². The first kappa shape index (κ1) is 17.0. The van der Waals surface area contributed by atoms with Gasteiger partial charge in [0.2, 0.25) is 0 Å². The molecule has 0 atom stereocenters. The minimum atomic E-state index is -0.316. The molecule has 3 rings (SSSR count). The Morgan fingerprint density at radius 3 is 2.24 bits per heavy atom. The number of carbonyl (C=O) groups is 1. The summed E-state index contributed by atoms with van der Waals surface area (Å²) in [5, 5.41) is 2.35. The molecule has 0 bridgehead atoms. The van der Waals surface area contributed by atoms with Crippen LogP contribution >= 0.6 is 0 Å². The standard InChI is InChI=1S/C23H22O2/c1-4-25-22(24)15-14-21-20-13-9-8-12-19(20)16(2)17(3)23(21)18-10-6-5-7-11-18/h5-15H,4H2,1-3H3/b15-14+. The Morgan fingerprint density at radius 1 is 0.920 bits per heavy atom. The van der Waals surface area contributed by atoms with Crippen LogP contribution in [0.25, 0.3) is 28.0 Å². The number of rotatable bonds is 4. The molecule has 0 radical (unpaired) electrons. The van der Waals surface area contributed by atoms with Crippen molar-refractivity contribution in [3.8, 4) is 11.1 Å². The number of aryl methyl sites for hydroxylation is 1. The lowest BCUT2D eigenvalue weighted by atomic mass is 9.86. The maximum absolute atomic E-state index is 11.8. The second kappa shape index (κ2) is 7.35. The highest BCUT2D eigenvalue weighted by atomic mass is 16.5. The van der Waals surface area contributed by atoms with E-state index in [0.717, 1.165) is 22.1 Å². The van der Waals surface area contributed by atoms with E-state index in [4.69, 9.17) is 4.74 Å². The van der Waals surface area contributed by atoms with E-state index in [1.807, 2.05) is 37.3 Å². The quantitative estimate of drug-likeness (QED) is 0.453. The van der Waals surface area contributed by atoms with Crippen molar-refractivity contribution in [1.82, 2.24) is 0 Å². The van der Waals surface area contributed by atoms with Crippen molar-refractivity contribution in [2.75, 3.05) is 6.61 Å². The van der Waals surface area contributed by atoms with Gasteiger partial charge in [0.05, 0.1) is 6.61 Å². The van der Waals surface area contributed by atoms with Crippen LogP contribution in [0.3, 0.4) is 0 Å². The second-order valence-electron chi connectivity index (χ2n) is 6.04. The molecule has 0 aliphatic carbocycles. The highest BCUT2D eigenvalue weighted by molar-refractivity contribution is 6.03. The van der Waals surface area contributed by atoms with Crippen molar-refractivity contribution >= 4 is 22.8 Å². The molecule has 2 heteroatoms. The maximum Gasteiger partial charge on any atom is 0.330 e. The number of carbonyl (C=O) groups excluding carboxylic acids is 1. The Morgan fingerprint density at radius 2 is 1.56 bits per heavy atom. The lowest BCUT2D eigenvalue weighted by Gasteiger charge is -2.17. The third kappa shape index (κ3) is 3.34. The zero-order valence-electron chi connectivity index (χ0n) is 14.9. The molecule has 0 unspecified atom stereocenters. The van der Waals surface area contributed by atoms with Crippen LogP contribution < -0.4 is 0 Å². The van der Waals surface area contributed by atoms with Crippen LogP contribution in [-0.4, -0.2) is 12.6 Å². The second-order valence-corrected chi connectivity index (χ2v) is 6.04. The van der Waals surface area contributed by atoms with Crippen LogP contribution in [0.5, 0.6) is 0 Å². The van der Waals surface area contributed by atoms with Gasteiger partial charge in [0.25, 0.3) is 0 Å². The first-order chi connectivity index (χ1) is 12.1. The summed E-state index contributed by atoms with van der Waals surface area (Å²) in [6.07, 6.45) is 3.40. The van der Waals surface area contributed by atoms with Crippen LogP contribution in [0.15, 0.2) is 60.7 Å². The van der Waals surface area contributed by atoms with Crippen LogP contribution in [0.4, 0.5) is 0 Å². The molecule has 0 heterocycles. The highest BCUT2D eigenvalue weighted by Crippen LogP contribution is 2.37. The normalized spacial score (nSPS) is 11.2. The van der Waals surface area contributed by atoms with Crippen LogP contribution in [0.2, 0.25) is 0 Å². The van der Waals surface area contributed by atoms with E-state index in [9.17, 15) is 4.79 Å². The number of hydrogen-bond acceptors (Lipinski definition) is 2. The number of esters is 1. The van der Waals surface area contributed by atoms with Gasteiger partial charge in [0.15, 0.2) is 0 Å². The van der Waals surface area contributed by atoms with Gasteiger partial charge in [-0.15, -0.1) is 0 Å². The van der Waals surface area contributed by atoms with E-state index in [-0.39, 0.29) is 5.97 Å². The molecule has 0 amide bonds. The molecule has 25 heavy (non-hydrogen) atoms. The number of hydrogen-bond donors (Lipinski definition) is 0. The smallest absolute Gasteiger partial charge is 0.330 e. The molecule has 0 saturated heterocycles. The molecule has 126 valence electrons. The lowest BCUT2D eigenvalue weighted by Crippen LogP contribution is -2.00. The minimum absolute atomic E-state index is 0.316. The summed E-state index contributed by atoms with van der Waals surface area (Å²) in [4.78, 5) is 11.8. The Labute approximate surface area is 148 Å². The zero-order chi connectivity index (χ0) is 17.8. The lowest BCUT2D eigenvalue weighted by molar-refractivity contribution is -0.137. The summed E-state index contributed by atoms with van der Waals surface area (Å²) < 4.78 is 5.05. The van der Waals surface area contributed by atoms with Gasteiger partial charge in [0.1, 0.15) is 0 Å². The van der Waals surface area contributed by atoms with E-state index < -0.39 is 0 Å². The molecule has 0 aromatic heterocycles. The van der Waals surface area contributed by atoms with Crippen molar-refractivity contribution in [2.45, 2.75) is 20.8 Å². The van der Waals surface area contributed by atoms with Crippen molar-refractivity contribution in [3.63, 3.8) is 0 Å². The molecular formula is C23H22O2. The summed E-state index contributed by atoms with van der Waals surface area (Å²) in [6.45, 7) is 6.49. The van der Waals surface area contributed by atoms with Crippen molar-refractivity contribution in [3.05, 3.63) is 77.4 Å². The molecule has 0 N–H and O–H groups in total.